The van der Waals surface area contributed by atoms with E-state index >= 15 is 0 Å². The van der Waals surface area contributed by atoms with Gasteiger partial charge >= 0.3 is 0 Å². The first-order valence-corrected chi connectivity index (χ1v) is 9.84. The van der Waals surface area contributed by atoms with E-state index in [2.05, 4.69) is 21.0 Å². The van der Waals surface area contributed by atoms with Crippen LogP contribution < -0.4 is 10.3 Å². The second-order valence-corrected chi connectivity index (χ2v) is 7.88. The number of nitrogens with one attached hydrogen (secondary N) is 1. The SMILES string of the molecule is COc1cc2cc(-c3ccc4ncccc4c3)c(-c3cnc(C)s3)nc2[nH]c1=O. The molecule has 0 bridgehead atoms. The van der Waals surface area contributed by atoms with Crippen LogP contribution in [-0.2, 0) is 0 Å². The van der Waals surface area contributed by atoms with E-state index in [4.69, 9.17) is 9.72 Å². The van der Waals surface area contributed by atoms with Gasteiger partial charge in [-0.1, -0.05) is 12.1 Å². The number of H-pyrrole nitrogens is 1. The van der Waals surface area contributed by atoms with Crippen molar-refractivity contribution in [3.05, 3.63) is 70.2 Å². The molecular formula is C22H16N4O2S. The Labute approximate surface area is 169 Å². The Kier molecular flexibility index (Phi) is 4.10. The minimum atomic E-state index is -0.302. The van der Waals surface area contributed by atoms with Crippen LogP contribution in [0.3, 0.4) is 0 Å². The first kappa shape index (κ1) is 17.5. The van der Waals surface area contributed by atoms with Crippen LogP contribution in [0.5, 0.6) is 5.75 Å². The molecule has 0 aliphatic heterocycles. The number of ether oxygens (including phenoxy) is 1. The maximum Gasteiger partial charge on any atom is 0.291 e. The highest BCUT2D eigenvalue weighted by molar-refractivity contribution is 7.15. The van der Waals surface area contributed by atoms with E-state index in [9.17, 15) is 4.79 Å². The normalized spacial score (nSPS) is 11.2. The molecule has 4 aromatic heterocycles. The largest absolute Gasteiger partial charge is 0.491 e. The van der Waals surface area contributed by atoms with Crippen LogP contribution >= 0.6 is 11.3 Å². The van der Waals surface area contributed by atoms with Crippen molar-refractivity contribution in [1.82, 2.24) is 19.9 Å². The maximum atomic E-state index is 12.2. The van der Waals surface area contributed by atoms with E-state index in [0.29, 0.717) is 5.65 Å². The zero-order chi connectivity index (χ0) is 20.0. The average Bonchev–Trinajstić information content (AvgIpc) is 3.18. The fourth-order valence-electron chi connectivity index (χ4n) is 3.39. The lowest BCUT2D eigenvalue weighted by molar-refractivity contribution is 0.409. The van der Waals surface area contributed by atoms with Crippen LogP contribution in [0.1, 0.15) is 5.01 Å². The van der Waals surface area contributed by atoms with Gasteiger partial charge in [0, 0.05) is 28.7 Å². The number of aromatic amines is 1. The molecular weight excluding hydrogens is 384 g/mol. The van der Waals surface area contributed by atoms with Crippen molar-refractivity contribution in [2.24, 2.45) is 0 Å². The first-order valence-electron chi connectivity index (χ1n) is 9.02. The number of aryl methyl sites for hydroxylation is 1. The molecule has 5 aromatic rings. The third-order valence-corrected chi connectivity index (χ3v) is 5.70. The lowest BCUT2D eigenvalue weighted by Gasteiger charge is -2.11. The molecule has 0 radical (unpaired) electrons. The molecule has 0 saturated heterocycles. The fourth-order valence-corrected chi connectivity index (χ4v) is 4.17. The van der Waals surface area contributed by atoms with Crippen LogP contribution in [-0.4, -0.2) is 27.0 Å². The Morgan fingerprint density at radius 1 is 1.07 bits per heavy atom. The molecule has 4 heterocycles. The van der Waals surface area contributed by atoms with Crippen molar-refractivity contribution in [3.63, 3.8) is 0 Å². The smallest absolute Gasteiger partial charge is 0.291 e. The number of pyridine rings is 3. The van der Waals surface area contributed by atoms with Gasteiger partial charge in [0.25, 0.3) is 5.56 Å². The summed E-state index contributed by atoms with van der Waals surface area (Å²) < 4.78 is 5.19. The van der Waals surface area contributed by atoms with Crippen molar-refractivity contribution >= 4 is 33.3 Å². The molecule has 1 aromatic carbocycles. The third kappa shape index (κ3) is 3.05. The number of hydrogen-bond acceptors (Lipinski definition) is 6. The van der Waals surface area contributed by atoms with Gasteiger partial charge in [0.05, 0.1) is 28.2 Å². The number of benzene rings is 1. The zero-order valence-corrected chi connectivity index (χ0v) is 16.6. The molecule has 0 atom stereocenters. The number of fused-ring (bicyclic) bond motifs is 2. The van der Waals surface area contributed by atoms with Crippen molar-refractivity contribution in [1.29, 1.82) is 0 Å². The van der Waals surface area contributed by atoms with Gasteiger partial charge in [0.15, 0.2) is 5.75 Å². The quantitative estimate of drug-likeness (QED) is 0.479. The molecule has 0 amide bonds. The van der Waals surface area contributed by atoms with Gasteiger partial charge < -0.3 is 9.72 Å². The van der Waals surface area contributed by atoms with Crippen LogP contribution in [0.2, 0.25) is 0 Å². The summed E-state index contributed by atoms with van der Waals surface area (Å²) in [6.07, 6.45) is 3.61. The first-order chi connectivity index (χ1) is 14.1. The Morgan fingerprint density at radius 2 is 1.97 bits per heavy atom. The van der Waals surface area contributed by atoms with Crippen LogP contribution in [0, 0.1) is 6.92 Å². The van der Waals surface area contributed by atoms with E-state index in [1.165, 1.54) is 7.11 Å². The second-order valence-electron chi connectivity index (χ2n) is 6.64. The van der Waals surface area contributed by atoms with Gasteiger partial charge in [-0.15, -0.1) is 11.3 Å². The highest BCUT2D eigenvalue weighted by Crippen LogP contribution is 2.36. The second kappa shape index (κ2) is 6.79. The molecule has 0 saturated carbocycles. The summed E-state index contributed by atoms with van der Waals surface area (Å²) in [5, 5.41) is 2.81. The summed E-state index contributed by atoms with van der Waals surface area (Å²) in [7, 11) is 1.48. The number of hydrogen-bond donors (Lipinski definition) is 1. The highest BCUT2D eigenvalue weighted by Gasteiger charge is 2.16. The lowest BCUT2D eigenvalue weighted by atomic mass is 10.00. The molecule has 29 heavy (non-hydrogen) atoms. The third-order valence-electron chi connectivity index (χ3n) is 4.78. The Hall–Kier alpha value is -3.58. The van der Waals surface area contributed by atoms with Gasteiger partial charge in [-0.25, -0.2) is 9.97 Å². The summed E-state index contributed by atoms with van der Waals surface area (Å²) in [5.74, 6) is 0.259. The number of nitrogens with zero attached hydrogens (tertiary/aromatic N) is 3. The van der Waals surface area contributed by atoms with Gasteiger partial charge in [-0.2, -0.15) is 0 Å². The summed E-state index contributed by atoms with van der Waals surface area (Å²) in [6, 6.07) is 13.9. The molecule has 1 N–H and O–H groups in total. The minimum Gasteiger partial charge on any atom is -0.491 e. The highest BCUT2D eigenvalue weighted by atomic mass is 32.1. The van der Waals surface area contributed by atoms with Gasteiger partial charge in [-0.3, -0.25) is 9.78 Å². The molecule has 7 heteroatoms. The summed E-state index contributed by atoms with van der Waals surface area (Å²) >= 11 is 1.57. The lowest BCUT2D eigenvalue weighted by Crippen LogP contribution is -2.09. The summed E-state index contributed by atoms with van der Waals surface area (Å²) in [6.45, 7) is 1.96. The van der Waals surface area contributed by atoms with Crippen molar-refractivity contribution in [2.45, 2.75) is 6.92 Å². The maximum absolute atomic E-state index is 12.2. The van der Waals surface area contributed by atoms with E-state index in [-0.39, 0.29) is 11.3 Å². The Bertz CT molecular complexity index is 1440. The molecule has 0 fully saturated rings. The van der Waals surface area contributed by atoms with Gasteiger partial charge in [0.2, 0.25) is 0 Å². The number of methoxy groups -OCH3 is 1. The molecule has 0 aliphatic carbocycles. The minimum absolute atomic E-state index is 0.259. The summed E-state index contributed by atoms with van der Waals surface area (Å²) in [5.41, 5.74) is 3.91. The standard InChI is InChI=1S/C22H16N4O2S/c1-12-24-11-19(29-12)20-16(13-5-6-17-14(8-13)4-3-7-23-17)9-15-10-18(28-2)22(27)26-21(15)25-20/h3-11H,1-2H3,(H,25,26,27). The topological polar surface area (TPSA) is 80.8 Å². The number of aromatic nitrogens is 4. The number of thiazole rings is 1. The van der Waals surface area contributed by atoms with E-state index < -0.39 is 0 Å². The average molecular weight is 400 g/mol. The molecule has 0 unspecified atom stereocenters. The van der Waals surface area contributed by atoms with E-state index in [0.717, 1.165) is 43.0 Å². The van der Waals surface area contributed by atoms with Crippen LogP contribution in [0.25, 0.3) is 43.6 Å². The Balaban J connectivity index is 1.82. The summed E-state index contributed by atoms with van der Waals surface area (Å²) in [4.78, 5) is 29.5. The predicted octanol–water partition coefficient (Wildman–Crippen LogP) is 4.58. The van der Waals surface area contributed by atoms with Crippen molar-refractivity contribution in [2.75, 3.05) is 7.11 Å². The predicted molar refractivity (Wildman–Crippen MR) is 115 cm³/mol. The van der Waals surface area contributed by atoms with E-state index in [1.54, 1.807) is 23.6 Å². The molecule has 5 rings (SSSR count). The van der Waals surface area contributed by atoms with Crippen LogP contribution in [0.4, 0.5) is 0 Å². The van der Waals surface area contributed by atoms with Gasteiger partial charge in [0.1, 0.15) is 5.65 Å². The van der Waals surface area contributed by atoms with Crippen molar-refractivity contribution < 1.29 is 4.74 Å². The molecule has 6 nitrogen and oxygen atoms in total. The van der Waals surface area contributed by atoms with E-state index in [1.807, 2.05) is 43.5 Å². The van der Waals surface area contributed by atoms with Crippen LogP contribution in [0.15, 0.2) is 59.7 Å². The van der Waals surface area contributed by atoms with Gasteiger partial charge in [-0.05, 0) is 42.8 Å². The van der Waals surface area contributed by atoms with Crippen molar-refractivity contribution in [3.8, 4) is 27.4 Å². The Morgan fingerprint density at radius 3 is 2.76 bits per heavy atom. The molecule has 0 spiro atoms. The zero-order valence-electron chi connectivity index (χ0n) is 15.8. The molecule has 142 valence electrons. The fraction of sp³-hybridized carbons (Fsp3) is 0.0909. The molecule has 0 aliphatic rings. The monoisotopic (exact) mass is 400 g/mol. The number of rotatable bonds is 3.